The fourth-order valence-corrected chi connectivity index (χ4v) is 5.34. The van der Waals surface area contributed by atoms with Gasteiger partial charge in [0.05, 0.1) is 6.10 Å². The van der Waals surface area contributed by atoms with Gasteiger partial charge in [-0.05, 0) is 44.3 Å². The van der Waals surface area contributed by atoms with E-state index >= 15 is 0 Å². The van der Waals surface area contributed by atoms with Crippen LogP contribution in [0.2, 0.25) is 0 Å². The van der Waals surface area contributed by atoms with E-state index in [1.165, 1.54) is 24.8 Å². The Hall–Kier alpha value is -0.670. The van der Waals surface area contributed by atoms with Gasteiger partial charge in [-0.2, -0.15) is 0 Å². The Morgan fingerprint density at radius 2 is 2.05 bits per heavy atom. The largest absolute Gasteiger partial charge is 0.359 e. The van der Waals surface area contributed by atoms with Gasteiger partial charge in [0, 0.05) is 29.8 Å². The van der Waals surface area contributed by atoms with E-state index in [1.54, 1.807) is 0 Å². The van der Waals surface area contributed by atoms with Crippen LogP contribution >= 0.6 is 0 Å². The fraction of sp³-hybridized carbons (Fsp3) is 0.833. The van der Waals surface area contributed by atoms with E-state index in [9.17, 15) is 4.79 Å². The lowest BCUT2D eigenvalue weighted by Crippen LogP contribution is -2.63. The smallest absolute Gasteiger partial charge is 0.159 e. The summed E-state index contributed by atoms with van der Waals surface area (Å²) in [5.74, 6) is 2.11. The molecule has 0 aromatic carbocycles. The Kier molecular flexibility index (Phi) is 2.94. The zero-order valence-electron chi connectivity index (χ0n) is 13.6. The van der Waals surface area contributed by atoms with Crippen LogP contribution in [0.1, 0.15) is 47.0 Å². The van der Waals surface area contributed by atoms with Crippen molar-refractivity contribution in [1.82, 2.24) is 4.90 Å². The number of hydrogen-bond acceptors (Lipinski definition) is 3. The normalized spacial score (nSPS) is 48.6. The molecule has 2 aliphatic heterocycles. The molecule has 6 atom stereocenters. The zero-order chi connectivity index (χ0) is 14.9. The van der Waals surface area contributed by atoms with E-state index in [-0.39, 0.29) is 17.7 Å². The number of rotatable bonds is 0. The highest BCUT2D eigenvalue weighted by atomic mass is 16.5. The molecule has 0 unspecified atom stereocenters. The molecule has 0 radical (unpaired) electrons. The summed E-state index contributed by atoms with van der Waals surface area (Å²) < 4.78 is 6.59. The van der Waals surface area contributed by atoms with Crippen molar-refractivity contribution in [3.63, 3.8) is 0 Å². The van der Waals surface area contributed by atoms with Crippen molar-refractivity contribution in [2.45, 2.75) is 64.8 Å². The number of nitrogens with zero attached hydrogens (tertiary/aromatic N) is 1. The molecule has 2 heterocycles. The SMILES string of the molecule is C[C@@H]1CC[C@@H]2[C@@H](C1)O[C@H]1[C@H]3C(=CC(=O)[C@@H]3C)CN1C2(C)C. The second kappa shape index (κ2) is 4.42. The molecule has 116 valence electrons. The van der Waals surface area contributed by atoms with Crippen molar-refractivity contribution in [2.75, 3.05) is 6.54 Å². The fourth-order valence-electron chi connectivity index (χ4n) is 5.34. The molecule has 0 aromatic rings. The highest BCUT2D eigenvalue weighted by Gasteiger charge is 2.58. The van der Waals surface area contributed by atoms with Crippen molar-refractivity contribution in [3.05, 3.63) is 11.6 Å². The van der Waals surface area contributed by atoms with Crippen LogP contribution in [-0.4, -0.2) is 35.1 Å². The van der Waals surface area contributed by atoms with Gasteiger partial charge in [0.15, 0.2) is 5.78 Å². The van der Waals surface area contributed by atoms with Gasteiger partial charge in [-0.25, -0.2) is 0 Å². The van der Waals surface area contributed by atoms with Crippen LogP contribution in [0.5, 0.6) is 0 Å². The molecule has 0 spiro atoms. The molecule has 4 rings (SSSR count). The number of carbonyl (C=O) groups is 1. The lowest BCUT2D eigenvalue weighted by molar-refractivity contribution is -0.231. The summed E-state index contributed by atoms with van der Waals surface area (Å²) in [6, 6.07) is 0. The predicted molar refractivity (Wildman–Crippen MR) is 81.7 cm³/mol. The van der Waals surface area contributed by atoms with E-state index < -0.39 is 0 Å². The summed E-state index contributed by atoms with van der Waals surface area (Å²) in [4.78, 5) is 14.6. The summed E-state index contributed by atoms with van der Waals surface area (Å²) in [7, 11) is 0. The molecule has 3 fully saturated rings. The maximum absolute atomic E-state index is 12.0. The molecular formula is C18H27NO2. The quantitative estimate of drug-likeness (QED) is 0.686. The number of carbonyl (C=O) groups excluding carboxylic acids is 1. The maximum atomic E-state index is 12.0. The minimum atomic E-state index is 0.100. The van der Waals surface area contributed by atoms with Crippen LogP contribution in [0.15, 0.2) is 11.6 Å². The molecule has 0 amide bonds. The average Bonchev–Trinajstić information content (AvgIpc) is 2.88. The second-order valence-corrected chi connectivity index (χ2v) is 8.31. The number of allylic oxidation sites excluding steroid dienone is 1. The van der Waals surface area contributed by atoms with Gasteiger partial charge in [-0.1, -0.05) is 20.3 Å². The van der Waals surface area contributed by atoms with Gasteiger partial charge < -0.3 is 4.74 Å². The summed E-state index contributed by atoms with van der Waals surface area (Å²) in [6.07, 6.45) is 6.20. The average molecular weight is 289 g/mol. The van der Waals surface area contributed by atoms with E-state index in [4.69, 9.17) is 4.74 Å². The van der Waals surface area contributed by atoms with Crippen molar-refractivity contribution in [3.8, 4) is 0 Å². The monoisotopic (exact) mass is 289 g/mol. The number of ketones is 1. The molecule has 2 saturated heterocycles. The third-order valence-corrected chi connectivity index (χ3v) is 6.73. The van der Waals surface area contributed by atoms with Crippen LogP contribution in [0.3, 0.4) is 0 Å². The lowest BCUT2D eigenvalue weighted by atomic mass is 9.69. The van der Waals surface area contributed by atoms with E-state index in [1.807, 2.05) is 6.08 Å². The molecule has 21 heavy (non-hydrogen) atoms. The Balaban J connectivity index is 1.69. The molecule has 0 aromatic heterocycles. The Bertz CT molecular complexity index is 509. The highest BCUT2D eigenvalue weighted by Crippen LogP contribution is 2.52. The van der Waals surface area contributed by atoms with Gasteiger partial charge in [-0.3, -0.25) is 9.69 Å². The molecular weight excluding hydrogens is 262 g/mol. The molecule has 3 nitrogen and oxygen atoms in total. The van der Waals surface area contributed by atoms with Crippen LogP contribution in [0, 0.1) is 23.7 Å². The third kappa shape index (κ3) is 1.83. The first-order valence-corrected chi connectivity index (χ1v) is 8.56. The Labute approximate surface area is 127 Å². The molecule has 4 aliphatic rings. The van der Waals surface area contributed by atoms with Gasteiger partial charge in [0.1, 0.15) is 6.23 Å². The topological polar surface area (TPSA) is 29.5 Å². The molecule has 3 heteroatoms. The van der Waals surface area contributed by atoms with Crippen molar-refractivity contribution >= 4 is 5.78 Å². The summed E-state index contributed by atoms with van der Waals surface area (Å²) in [5.41, 5.74) is 1.50. The van der Waals surface area contributed by atoms with E-state index in [0.29, 0.717) is 23.7 Å². The molecule has 0 bridgehead atoms. The van der Waals surface area contributed by atoms with Crippen molar-refractivity contribution in [2.24, 2.45) is 23.7 Å². The first-order chi connectivity index (χ1) is 9.89. The second-order valence-electron chi connectivity index (χ2n) is 8.31. The predicted octanol–water partition coefficient (Wildman–Crippen LogP) is 3.00. The summed E-state index contributed by atoms with van der Waals surface area (Å²) in [6.45, 7) is 10.1. The van der Waals surface area contributed by atoms with Gasteiger partial charge in [-0.15, -0.1) is 0 Å². The molecule has 0 N–H and O–H groups in total. The number of fused-ring (bicyclic) bond motifs is 4. The van der Waals surface area contributed by atoms with Gasteiger partial charge in [0.25, 0.3) is 0 Å². The Morgan fingerprint density at radius 1 is 1.29 bits per heavy atom. The van der Waals surface area contributed by atoms with E-state index in [2.05, 4.69) is 32.6 Å². The first kappa shape index (κ1) is 14.0. The molecule has 1 saturated carbocycles. The number of ether oxygens (including phenoxy) is 1. The standard InChI is InChI=1S/C18H27NO2/c1-10-5-6-13-15(7-10)21-17-16-11(2)14(20)8-12(16)9-19(17)18(13,3)4/h8,10-11,13,15-17H,5-7,9H2,1-4H3/t10-,11+,13-,15-,16-,17+/m1/s1. The summed E-state index contributed by atoms with van der Waals surface area (Å²) >= 11 is 0. The third-order valence-electron chi connectivity index (χ3n) is 6.73. The van der Waals surface area contributed by atoms with Crippen LogP contribution in [-0.2, 0) is 9.53 Å². The minimum Gasteiger partial charge on any atom is -0.359 e. The van der Waals surface area contributed by atoms with E-state index in [0.717, 1.165) is 12.5 Å². The maximum Gasteiger partial charge on any atom is 0.159 e. The van der Waals surface area contributed by atoms with Gasteiger partial charge >= 0.3 is 0 Å². The van der Waals surface area contributed by atoms with Crippen LogP contribution in [0.25, 0.3) is 0 Å². The summed E-state index contributed by atoms with van der Waals surface area (Å²) in [5, 5.41) is 0. The Morgan fingerprint density at radius 3 is 2.81 bits per heavy atom. The van der Waals surface area contributed by atoms with Crippen molar-refractivity contribution < 1.29 is 9.53 Å². The highest BCUT2D eigenvalue weighted by molar-refractivity contribution is 5.95. The first-order valence-electron chi connectivity index (χ1n) is 8.56. The van der Waals surface area contributed by atoms with Crippen molar-refractivity contribution in [1.29, 1.82) is 0 Å². The lowest BCUT2D eigenvalue weighted by Gasteiger charge is -2.56. The van der Waals surface area contributed by atoms with Crippen LogP contribution < -0.4 is 0 Å². The minimum absolute atomic E-state index is 0.100. The molecule has 2 aliphatic carbocycles. The van der Waals surface area contributed by atoms with Gasteiger partial charge in [0.2, 0.25) is 0 Å². The van der Waals surface area contributed by atoms with Crippen LogP contribution in [0.4, 0.5) is 0 Å². The zero-order valence-corrected chi connectivity index (χ0v) is 13.6. The number of hydrogen-bond donors (Lipinski definition) is 0.